The number of carbonyl (C=O) groups is 1. The van der Waals surface area contributed by atoms with Crippen LogP contribution in [0, 0.1) is 0 Å². The SMILES string of the molecule is CC(/C=C/c1ccccc1)=N\NC(=O)C(C)Nc1ccc(Br)cc1. The molecular formula is C19H20BrN3O. The van der Waals surface area contributed by atoms with Gasteiger partial charge >= 0.3 is 0 Å². The van der Waals surface area contributed by atoms with Gasteiger partial charge in [-0.3, -0.25) is 4.79 Å². The first kappa shape index (κ1) is 17.9. The van der Waals surface area contributed by atoms with Crippen LogP contribution in [-0.2, 0) is 4.79 Å². The van der Waals surface area contributed by atoms with E-state index in [-0.39, 0.29) is 11.9 Å². The average molecular weight is 386 g/mol. The summed E-state index contributed by atoms with van der Waals surface area (Å²) in [4.78, 5) is 12.1. The van der Waals surface area contributed by atoms with E-state index in [0.29, 0.717) is 0 Å². The van der Waals surface area contributed by atoms with Crippen LogP contribution >= 0.6 is 15.9 Å². The van der Waals surface area contributed by atoms with E-state index in [1.54, 1.807) is 6.92 Å². The molecule has 1 unspecified atom stereocenters. The van der Waals surface area contributed by atoms with E-state index in [1.165, 1.54) is 0 Å². The molecule has 5 heteroatoms. The van der Waals surface area contributed by atoms with E-state index in [9.17, 15) is 4.79 Å². The molecule has 4 nitrogen and oxygen atoms in total. The van der Waals surface area contributed by atoms with E-state index in [4.69, 9.17) is 0 Å². The number of rotatable bonds is 6. The Morgan fingerprint density at radius 1 is 1.12 bits per heavy atom. The Balaban J connectivity index is 1.86. The fraction of sp³-hybridized carbons (Fsp3) is 0.158. The smallest absolute Gasteiger partial charge is 0.262 e. The zero-order valence-corrected chi connectivity index (χ0v) is 15.2. The summed E-state index contributed by atoms with van der Waals surface area (Å²) in [6, 6.07) is 17.2. The zero-order valence-electron chi connectivity index (χ0n) is 13.7. The number of amides is 1. The second-order valence-electron chi connectivity index (χ2n) is 5.35. The molecule has 0 bridgehead atoms. The summed E-state index contributed by atoms with van der Waals surface area (Å²) in [6.45, 7) is 3.63. The number of hydrazone groups is 1. The molecule has 0 saturated carbocycles. The van der Waals surface area contributed by atoms with Gasteiger partial charge in [0, 0.05) is 10.2 Å². The molecule has 0 aliphatic carbocycles. The van der Waals surface area contributed by atoms with Gasteiger partial charge in [0.2, 0.25) is 0 Å². The molecule has 124 valence electrons. The van der Waals surface area contributed by atoms with Gasteiger partial charge in [-0.15, -0.1) is 0 Å². The van der Waals surface area contributed by atoms with Gasteiger partial charge in [-0.2, -0.15) is 5.10 Å². The second-order valence-corrected chi connectivity index (χ2v) is 6.26. The average Bonchev–Trinajstić information content (AvgIpc) is 2.60. The lowest BCUT2D eigenvalue weighted by Gasteiger charge is -2.13. The molecule has 0 aromatic heterocycles. The molecular weight excluding hydrogens is 366 g/mol. The minimum absolute atomic E-state index is 0.189. The number of anilines is 1. The lowest BCUT2D eigenvalue weighted by atomic mass is 10.2. The van der Waals surface area contributed by atoms with Crippen molar-refractivity contribution in [1.29, 1.82) is 0 Å². The lowest BCUT2D eigenvalue weighted by Crippen LogP contribution is -2.35. The van der Waals surface area contributed by atoms with Crippen molar-refractivity contribution in [3.05, 3.63) is 70.7 Å². The molecule has 0 aliphatic heterocycles. The quantitative estimate of drug-likeness (QED) is 0.569. The van der Waals surface area contributed by atoms with E-state index in [0.717, 1.165) is 21.4 Å². The summed E-state index contributed by atoms with van der Waals surface area (Å²) in [5.74, 6) is -0.189. The number of allylic oxidation sites excluding steroid dienone is 1. The molecule has 1 amide bonds. The Hall–Kier alpha value is -2.40. The molecule has 0 aliphatic rings. The molecule has 2 aromatic carbocycles. The van der Waals surface area contributed by atoms with Gasteiger partial charge in [0.1, 0.15) is 6.04 Å². The number of hydrogen-bond donors (Lipinski definition) is 2. The highest BCUT2D eigenvalue weighted by Crippen LogP contribution is 2.14. The van der Waals surface area contributed by atoms with Crippen molar-refractivity contribution in [2.45, 2.75) is 19.9 Å². The van der Waals surface area contributed by atoms with Gasteiger partial charge in [-0.05, 0) is 49.8 Å². The van der Waals surface area contributed by atoms with Gasteiger partial charge in [-0.1, -0.05) is 52.3 Å². The highest BCUT2D eigenvalue weighted by Gasteiger charge is 2.11. The summed E-state index contributed by atoms with van der Waals surface area (Å²) < 4.78 is 0.996. The summed E-state index contributed by atoms with van der Waals surface area (Å²) in [7, 11) is 0. The van der Waals surface area contributed by atoms with Gasteiger partial charge in [0.05, 0.1) is 5.71 Å². The predicted octanol–water partition coefficient (Wildman–Crippen LogP) is 4.46. The number of nitrogens with one attached hydrogen (secondary N) is 2. The first-order chi connectivity index (χ1) is 11.5. The summed E-state index contributed by atoms with van der Waals surface area (Å²) in [5.41, 5.74) is 5.27. The third kappa shape index (κ3) is 6.01. The second kappa shape index (κ2) is 9.03. The number of halogens is 1. The molecule has 0 fully saturated rings. The van der Waals surface area contributed by atoms with E-state index < -0.39 is 0 Å². The normalized spacial score (nSPS) is 12.9. The lowest BCUT2D eigenvalue weighted by molar-refractivity contribution is -0.121. The van der Waals surface area contributed by atoms with Crippen molar-refractivity contribution >= 4 is 39.3 Å². The monoisotopic (exact) mass is 385 g/mol. The van der Waals surface area contributed by atoms with Crippen LogP contribution in [0.5, 0.6) is 0 Å². The molecule has 2 N–H and O–H groups in total. The minimum atomic E-state index is -0.388. The van der Waals surface area contributed by atoms with Crippen LogP contribution in [0.15, 0.2) is 70.2 Å². The van der Waals surface area contributed by atoms with Crippen LogP contribution in [0.3, 0.4) is 0 Å². The molecule has 1 atom stereocenters. The van der Waals surface area contributed by atoms with E-state index >= 15 is 0 Å². The van der Waals surface area contributed by atoms with Gasteiger partial charge in [0.25, 0.3) is 5.91 Å². The molecule has 0 saturated heterocycles. The Morgan fingerprint density at radius 3 is 2.46 bits per heavy atom. The Bertz CT molecular complexity index is 724. The standard InChI is InChI=1S/C19H20BrN3O/c1-14(8-9-16-6-4-3-5-7-16)22-23-19(24)15(2)21-18-12-10-17(20)11-13-18/h3-13,15,21H,1-2H3,(H,23,24)/b9-8+,22-14+. The van der Waals surface area contributed by atoms with Crippen molar-refractivity contribution in [3.63, 3.8) is 0 Å². The van der Waals surface area contributed by atoms with Gasteiger partial charge < -0.3 is 5.32 Å². The Labute approximate surface area is 150 Å². The molecule has 24 heavy (non-hydrogen) atoms. The molecule has 2 rings (SSSR count). The minimum Gasteiger partial charge on any atom is -0.374 e. The van der Waals surface area contributed by atoms with Gasteiger partial charge in [-0.25, -0.2) is 5.43 Å². The first-order valence-corrected chi connectivity index (χ1v) is 8.43. The van der Waals surface area contributed by atoms with Crippen LogP contribution < -0.4 is 10.7 Å². The fourth-order valence-corrected chi connectivity index (χ4v) is 2.18. The van der Waals surface area contributed by atoms with Crippen molar-refractivity contribution in [1.82, 2.24) is 5.43 Å². The van der Waals surface area contributed by atoms with E-state index in [2.05, 4.69) is 31.8 Å². The number of nitrogens with zero attached hydrogens (tertiary/aromatic N) is 1. The van der Waals surface area contributed by atoms with Crippen LogP contribution in [0.4, 0.5) is 5.69 Å². The zero-order chi connectivity index (χ0) is 17.4. The fourth-order valence-electron chi connectivity index (χ4n) is 1.92. The maximum Gasteiger partial charge on any atom is 0.262 e. The summed E-state index contributed by atoms with van der Waals surface area (Å²) >= 11 is 3.38. The third-order valence-corrected chi connectivity index (χ3v) is 3.81. The topological polar surface area (TPSA) is 53.5 Å². The Kier molecular flexibility index (Phi) is 6.75. The van der Waals surface area contributed by atoms with Crippen LogP contribution in [0.1, 0.15) is 19.4 Å². The largest absolute Gasteiger partial charge is 0.374 e. The highest BCUT2D eigenvalue weighted by atomic mass is 79.9. The van der Waals surface area contributed by atoms with Gasteiger partial charge in [0.15, 0.2) is 0 Å². The predicted molar refractivity (Wildman–Crippen MR) is 104 cm³/mol. The molecule has 0 spiro atoms. The maximum absolute atomic E-state index is 12.1. The first-order valence-electron chi connectivity index (χ1n) is 7.64. The molecule has 0 radical (unpaired) electrons. The number of hydrogen-bond acceptors (Lipinski definition) is 3. The van der Waals surface area contributed by atoms with Crippen LogP contribution in [0.2, 0.25) is 0 Å². The maximum atomic E-state index is 12.1. The van der Waals surface area contributed by atoms with Crippen molar-refractivity contribution in [2.75, 3.05) is 5.32 Å². The third-order valence-electron chi connectivity index (χ3n) is 3.28. The van der Waals surface area contributed by atoms with Crippen molar-refractivity contribution in [3.8, 4) is 0 Å². The summed E-state index contributed by atoms with van der Waals surface area (Å²) in [6.07, 6.45) is 3.82. The Morgan fingerprint density at radius 2 is 1.79 bits per heavy atom. The summed E-state index contributed by atoms with van der Waals surface area (Å²) in [5, 5.41) is 7.23. The number of benzene rings is 2. The highest BCUT2D eigenvalue weighted by molar-refractivity contribution is 9.10. The van der Waals surface area contributed by atoms with E-state index in [1.807, 2.05) is 73.7 Å². The van der Waals surface area contributed by atoms with Crippen molar-refractivity contribution < 1.29 is 4.79 Å². The van der Waals surface area contributed by atoms with Crippen LogP contribution in [-0.4, -0.2) is 17.7 Å². The molecule has 2 aromatic rings. The molecule has 0 heterocycles. The van der Waals surface area contributed by atoms with Crippen molar-refractivity contribution in [2.24, 2.45) is 5.10 Å². The number of carbonyl (C=O) groups excluding carboxylic acids is 1. The van der Waals surface area contributed by atoms with Crippen LogP contribution in [0.25, 0.3) is 6.08 Å².